The number of aliphatic carboxylic acids is 1. The van der Waals surface area contributed by atoms with Crippen molar-refractivity contribution in [3.8, 4) is 5.75 Å². The van der Waals surface area contributed by atoms with E-state index in [0.717, 1.165) is 44.0 Å². The molecule has 0 aliphatic carbocycles. The number of phenols is 1. The molecule has 28 heavy (non-hydrogen) atoms. The summed E-state index contributed by atoms with van der Waals surface area (Å²) >= 11 is 5.69. The molecule has 1 saturated heterocycles. The molecule has 2 N–H and O–H groups in total. The van der Waals surface area contributed by atoms with Crippen LogP contribution in [0.15, 0.2) is 36.7 Å². The Hall–Kier alpha value is -2.59. The van der Waals surface area contributed by atoms with Crippen molar-refractivity contribution in [3.05, 3.63) is 47.5 Å². The van der Waals surface area contributed by atoms with Crippen LogP contribution in [0.3, 0.4) is 0 Å². The highest BCUT2D eigenvalue weighted by Gasteiger charge is 2.38. The van der Waals surface area contributed by atoms with Crippen LogP contribution < -0.4 is 4.90 Å². The molecule has 1 aromatic carbocycles. The van der Waals surface area contributed by atoms with Crippen LogP contribution in [0.1, 0.15) is 5.56 Å². The molecule has 3 rings (SSSR count). The number of piperazine rings is 1. The highest BCUT2D eigenvalue weighted by atomic mass is 35.5. The summed E-state index contributed by atoms with van der Waals surface area (Å²) in [5, 5.41) is 17.3. The van der Waals surface area contributed by atoms with Gasteiger partial charge in [-0.25, -0.2) is 14.8 Å². The Morgan fingerprint density at radius 2 is 1.64 bits per heavy atom. The lowest BCUT2D eigenvalue weighted by Gasteiger charge is -2.36. The maximum Gasteiger partial charge on any atom is 0.490 e. The van der Waals surface area contributed by atoms with E-state index in [0.29, 0.717) is 5.75 Å². The summed E-state index contributed by atoms with van der Waals surface area (Å²) in [5.41, 5.74) is 1.97. The number of benzene rings is 1. The predicted molar refractivity (Wildman–Crippen MR) is 96.3 cm³/mol. The number of hydrogen-bond donors (Lipinski definition) is 2. The normalized spacial score (nSPS) is 14.9. The standard InChI is InChI=1S/C15H17ClN4O.C2HF3O2/c16-15-17-9-12(10-18-15)11-19-5-7-20(8-6-19)13-3-1-2-4-14(13)21;3-2(4,5)1(6)7/h1-4,9-10,21H,5-8,11H2;(H,6,7). The van der Waals surface area contributed by atoms with E-state index in [1.807, 2.05) is 18.2 Å². The molecule has 1 aliphatic rings. The quantitative estimate of drug-likeness (QED) is 0.741. The fourth-order valence-corrected chi connectivity index (χ4v) is 2.65. The minimum atomic E-state index is -5.08. The average Bonchev–Trinajstić information content (AvgIpc) is 2.65. The first kappa shape index (κ1) is 21.7. The van der Waals surface area contributed by atoms with Gasteiger partial charge in [0.1, 0.15) is 5.75 Å². The number of rotatable bonds is 3. The number of para-hydroxylation sites is 2. The molecule has 0 atom stereocenters. The van der Waals surface area contributed by atoms with Crippen LogP contribution in [0.4, 0.5) is 18.9 Å². The van der Waals surface area contributed by atoms with E-state index in [1.165, 1.54) is 0 Å². The molecule has 2 aromatic rings. The summed E-state index contributed by atoms with van der Waals surface area (Å²) in [6.45, 7) is 4.50. The zero-order chi connectivity index (χ0) is 20.7. The van der Waals surface area contributed by atoms with Crippen LogP contribution in [0.25, 0.3) is 0 Å². The van der Waals surface area contributed by atoms with Gasteiger partial charge >= 0.3 is 12.1 Å². The summed E-state index contributed by atoms with van der Waals surface area (Å²) in [6, 6.07) is 7.48. The van der Waals surface area contributed by atoms with Gasteiger partial charge in [0.15, 0.2) is 0 Å². The Bertz CT molecular complexity index is 782. The number of anilines is 1. The molecule has 0 bridgehead atoms. The zero-order valence-electron chi connectivity index (χ0n) is 14.6. The van der Waals surface area contributed by atoms with Crippen molar-refractivity contribution in [3.63, 3.8) is 0 Å². The summed E-state index contributed by atoms with van der Waals surface area (Å²) in [6.07, 6.45) is -1.55. The minimum Gasteiger partial charge on any atom is -0.506 e. The number of carbonyl (C=O) groups is 1. The molecular weight excluding hydrogens is 401 g/mol. The Balaban J connectivity index is 0.000000345. The second-order valence-corrected chi connectivity index (χ2v) is 6.25. The summed E-state index contributed by atoms with van der Waals surface area (Å²) in [7, 11) is 0. The second kappa shape index (κ2) is 9.56. The van der Waals surface area contributed by atoms with Gasteiger partial charge in [0.2, 0.25) is 5.28 Å². The van der Waals surface area contributed by atoms with Crippen molar-refractivity contribution in [1.82, 2.24) is 14.9 Å². The fraction of sp³-hybridized carbons (Fsp3) is 0.353. The molecule has 11 heteroatoms. The van der Waals surface area contributed by atoms with Crippen molar-refractivity contribution in [1.29, 1.82) is 0 Å². The first-order valence-electron chi connectivity index (χ1n) is 8.18. The molecule has 7 nitrogen and oxygen atoms in total. The van der Waals surface area contributed by atoms with Crippen molar-refractivity contribution in [2.24, 2.45) is 0 Å². The van der Waals surface area contributed by atoms with E-state index in [4.69, 9.17) is 21.5 Å². The average molecular weight is 419 g/mol. The van der Waals surface area contributed by atoms with E-state index >= 15 is 0 Å². The molecule has 0 unspecified atom stereocenters. The highest BCUT2D eigenvalue weighted by Crippen LogP contribution is 2.27. The van der Waals surface area contributed by atoms with Crippen LogP contribution in [0.2, 0.25) is 5.28 Å². The smallest absolute Gasteiger partial charge is 0.490 e. The molecular formula is C17H18ClF3N4O3. The van der Waals surface area contributed by atoms with Crippen LogP contribution in [-0.4, -0.2) is 63.4 Å². The molecule has 2 heterocycles. The van der Waals surface area contributed by atoms with Gasteiger partial charge in [-0.05, 0) is 23.7 Å². The fourth-order valence-electron chi connectivity index (χ4n) is 2.56. The Labute approximate surface area is 164 Å². The summed E-state index contributed by atoms with van der Waals surface area (Å²) in [5.74, 6) is -2.41. The van der Waals surface area contributed by atoms with E-state index in [2.05, 4.69) is 19.8 Å². The monoisotopic (exact) mass is 418 g/mol. The van der Waals surface area contributed by atoms with E-state index < -0.39 is 12.1 Å². The largest absolute Gasteiger partial charge is 0.506 e. The number of nitrogens with zero attached hydrogens (tertiary/aromatic N) is 4. The summed E-state index contributed by atoms with van der Waals surface area (Å²) in [4.78, 5) is 21.5. The molecule has 1 fully saturated rings. The van der Waals surface area contributed by atoms with E-state index in [-0.39, 0.29) is 5.28 Å². The van der Waals surface area contributed by atoms with Crippen LogP contribution in [0.5, 0.6) is 5.75 Å². The zero-order valence-corrected chi connectivity index (χ0v) is 15.4. The van der Waals surface area contributed by atoms with Gasteiger partial charge in [-0.15, -0.1) is 0 Å². The summed E-state index contributed by atoms with van der Waals surface area (Å²) < 4.78 is 31.7. The van der Waals surface area contributed by atoms with Gasteiger partial charge in [-0.1, -0.05) is 12.1 Å². The Kier molecular flexibility index (Phi) is 7.41. The van der Waals surface area contributed by atoms with Gasteiger partial charge in [-0.3, -0.25) is 4.90 Å². The third kappa shape index (κ3) is 6.54. The second-order valence-electron chi connectivity index (χ2n) is 5.92. The highest BCUT2D eigenvalue weighted by molar-refractivity contribution is 6.28. The number of carboxylic acid groups (broad SMARTS) is 1. The number of halogens is 4. The van der Waals surface area contributed by atoms with Crippen molar-refractivity contribution in [2.75, 3.05) is 31.1 Å². The SMILES string of the molecule is O=C(O)C(F)(F)F.Oc1ccccc1N1CCN(Cc2cnc(Cl)nc2)CC1. The molecule has 0 amide bonds. The lowest BCUT2D eigenvalue weighted by Crippen LogP contribution is -2.46. The molecule has 1 aliphatic heterocycles. The number of aromatic hydroxyl groups is 1. The molecule has 0 radical (unpaired) electrons. The Morgan fingerprint density at radius 1 is 1.11 bits per heavy atom. The first-order chi connectivity index (χ1) is 13.2. The maximum atomic E-state index is 10.6. The topological polar surface area (TPSA) is 89.8 Å². The van der Waals surface area contributed by atoms with Gasteiger partial charge in [-0.2, -0.15) is 13.2 Å². The van der Waals surface area contributed by atoms with Gasteiger partial charge in [0, 0.05) is 50.7 Å². The predicted octanol–water partition coefficient (Wildman–Crippen LogP) is 2.79. The molecule has 152 valence electrons. The number of alkyl halides is 3. The molecule has 0 spiro atoms. The number of hydrogen-bond acceptors (Lipinski definition) is 6. The Morgan fingerprint density at radius 3 is 2.14 bits per heavy atom. The third-order valence-corrected chi connectivity index (χ3v) is 4.11. The van der Waals surface area contributed by atoms with Crippen molar-refractivity contribution < 1.29 is 28.2 Å². The van der Waals surface area contributed by atoms with Crippen molar-refractivity contribution in [2.45, 2.75) is 12.7 Å². The number of aromatic nitrogens is 2. The maximum absolute atomic E-state index is 10.6. The number of phenolic OH excluding ortho intramolecular Hbond substituents is 1. The van der Waals surface area contributed by atoms with Crippen LogP contribution in [-0.2, 0) is 11.3 Å². The molecule has 0 saturated carbocycles. The molecule has 1 aromatic heterocycles. The van der Waals surface area contributed by atoms with Crippen molar-refractivity contribution >= 4 is 23.3 Å². The van der Waals surface area contributed by atoms with E-state index in [1.54, 1.807) is 18.5 Å². The minimum absolute atomic E-state index is 0.281. The lowest BCUT2D eigenvalue weighted by atomic mass is 10.2. The number of carboxylic acids is 1. The van der Waals surface area contributed by atoms with Gasteiger partial charge in [0.05, 0.1) is 5.69 Å². The van der Waals surface area contributed by atoms with E-state index in [9.17, 15) is 18.3 Å². The third-order valence-electron chi connectivity index (χ3n) is 3.92. The van der Waals surface area contributed by atoms with Gasteiger partial charge in [0.25, 0.3) is 0 Å². The van der Waals surface area contributed by atoms with Gasteiger partial charge < -0.3 is 15.1 Å². The van der Waals surface area contributed by atoms with Crippen LogP contribution >= 0.6 is 11.6 Å². The lowest BCUT2D eigenvalue weighted by molar-refractivity contribution is -0.192. The van der Waals surface area contributed by atoms with Crippen LogP contribution in [0, 0.1) is 0 Å². The first-order valence-corrected chi connectivity index (χ1v) is 8.56.